The largest absolute Gasteiger partial charge is 0.352 e. The van der Waals surface area contributed by atoms with Crippen LogP contribution in [-0.4, -0.2) is 39.2 Å². The predicted molar refractivity (Wildman–Crippen MR) is 131 cm³/mol. The fraction of sp³-hybridized carbons (Fsp3) is 0.440. The number of aromatic nitrogens is 3. The number of benzene rings is 1. The van der Waals surface area contributed by atoms with Crippen molar-refractivity contribution in [2.75, 3.05) is 17.2 Å². The number of aryl methyl sites for hydroxylation is 1. The van der Waals surface area contributed by atoms with Gasteiger partial charge in [-0.2, -0.15) is 0 Å². The Balaban J connectivity index is 1.24. The summed E-state index contributed by atoms with van der Waals surface area (Å²) in [7, 11) is 0. The number of amides is 2. The lowest BCUT2D eigenvalue weighted by Gasteiger charge is -2.24. The Morgan fingerprint density at radius 1 is 1.11 bits per heavy atom. The minimum Gasteiger partial charge on any atom is -0.352 e. The maximum absolute atomic E-state index is 13.4. The van der Waals surface area contributed by atoms with Gasteiger partial charge in [0.2, 0.25) is 11.9 Å². The lowest BCUT2D eigenvalue weighted by molar-refractivity contribution is -0.117. The summed E-state index contributed by atoms with van der Waals surface area (Å²) in [6.07, 6.45) is 8.07. The molecule has 182 valence electrons. The van der Waals surface area contributed by atoms with E-state index in [1.807, 2.05) is 0 Å². The molecule has 0 spiro atoms. The molecule has 0 radical (unpaired) electrons. The summed E-state index contributed by atoms with van der Waals surface area (Å²) in [6.45, 7) is 0.682. The second-order valence-corrected chi connectivity index (χ2v) is 10.8. The molecule has 2 heterocycles. The Labute approximate surface area is 206 Å². The quantitative estimate of drug-likeness (QED) is 0.441. The molecule has 1 atom stereocenters. The van der Waals surface area contributed by atoms with Gasteiger partial charge < -0.3 is 16.0 Å². The number of carbonyl (C=O) groups is 2. The van der Waals surface area contributed by atoms with Gasteiger partial charge in [0.15, 0.2) is 0 Å². The highest BCUT2D eigenvalue weighted by Crippen LogP contribution is 2.40. The molecule has 0 aliphatic heterocycles. The molecule has 0 bridgehead atoms. The second-order valence-electron chi connectivity index (χ2n) is 9.71. The highest BCUT2D eigenvalue weighted by atomic mass is 32.1. The standard InChI is InChI=1S/C25H27FN6O2S/c26-16-5-8-18(9-6-16)32-13-28-31-25(32)29-17-7-10-20-19(11-17)21(23(34)27-12-14-1-2-14)24(35-20)30-22(33)15-3-4-15/h5-6,8-9,13-15,17H,1-4,7,10-12H2,(H,27,34)(H,29,31)(H,30,33). The van der Waals surface area contributed by atoms with Crippen LogP contribution in [0.15, 0.2) is 30.6 Å². The number of nitrogens with zero attached hydrogens (tertiary/aromatic N) is 3. The normalized spacial score (nSPS) is 19.2. The summed E-state index contributed by atoms with van der Waals surface area (Å²) in [5.74, 6) is 0.833. The van der Waals surface area contributed by atoms with E-state index >= 15 is 0 Å². The van der Waals surface area contributed by atoms with Gasteiger partial charge in [0.25, 0.3) is 5.91 Å². The zero-order valence-corrected chi connectivity index (χ0v) is 20.0. The van der Waals surface area contributed by atoms with Crippen molar-refractivity contribution in [1.82, 2.24) is 20.1 Å². The van der Waals surface area contributed by atoms with E-state index in [0.29, 0.717) is 35.4 Å². The molecule has 3 N–H and O–H groups in total. The molecule has 6 rings (SSSR count). The first-order chi connectivity index (χ1) is 17.0. The third-order valence-electron chi connectivity index (χ3n) is 6.91. The van der Waals surface area contributed by atoms with E-state index in [0.717, 1.165) is 54.7 Å². The van der Waals surface area contributed by atoms with E-state index in [4.69, 9.17) is 0 Å². The van der Waals surface area contributed by atoms with Crippen LogP contribution in [0.25, 0.3) is 5.69 Å². The summed E-state index contributed by atoms with van der Waals surface area (Å²) in [5, 5.41) is 18.5. The van der Waals surface area contributed by atoms with Gasteiger partial charge in [-0.15, -0.1) is 21.5 Å². The van der Waals surface area contributed by atoms with E-state index in [1.165, 1.54) is 23.5 Å². The summed E-state index contributed by atoms with van der Waals surface area (Å²) < 4.78 is 15.1. The van der Waals surface area contributed by atoms with E-state index in [-0.39, 0.29) is 29.6 Å². The predicted octanol–water partition coefficient (Wildman–Crippen LogP) is 3.93. The molecule has 3 aliphatic rings. The molecule has 10 heteroatoms. The Morgan fingerprint density at radius 3 is 2.66 bits per heavy atom. The average Bonchev–Trinajstić information content (AvgIpc) is 3.78. The summed E-state index contributed by atoms with van der Waals surface area (Å²) in [6, 6.07) is 6.21. The summed E-state index contributed by atoms with van der Waals surface area (Å²) in [4.78, 5) is 26.9. The Morgan fingerprint density at radius 2 is 1.91 bits per heavy atom. The molecule has 0 saturated heterocycles. The van der Waals surface area contributed by atoms with E-state index in [2.05, 4.69) is 26.1 Å². The SMILES string of the molecule is O=C(NCC1CC1)c1c(NC(=O)C2CC2)sc2c1CC(Nc1nncn1-c1ccc(F)cc1)CC2. The van der Waals surface area contributed by atoms with Crippen molar-refractivity contribution >= 4 is 34.1 Å². The van der Waals surface area contributed by atoms with Crippen LogP contribution in [0.1, 0.15) is 52.9 Å². The molecule has 2 amide bonds. The minimum atomic E-state index is -0.300. The van der Waals surface area contributed by atoms with Gasteiger partial charge in [0, 0.05) is 23.4 Å². The van der Waals surface area contributed by atoms with Crippen molar-refractivity contribution in [3.8, 4) is 5.69 Å². The maximum Gasteiger partial charge on any atom is 0.254 e. The van der Waals surface area contributed by atoms with Gasteiger partial charge in [-0.25, -0.2) is 4.39 Å². The molecular weight excluding hydrogens is 467 g/mol. The van der Waals surface area contributed by atoms with Crippen molar-refractivity contribution in [1.29, 1.82) is 0 Å². The van der Waals surface area contributed by atoms with Gasteiger partial charge in [-0.3, -0.25) is 14.2 Å². The van der Waals surface area contributed by atoms with E-state index in [1.54, 1.807) is 23.0 Å². The van der Waals surface area contributed by atoms with Crippen LogP contribution >= 0.6 is 11.3 Å². The zero-order chi connectivity index (χ0) is 23.9. The van der Waals surface area contributed by atoms with Crippen LogP contribution in [0, 0.1) is 17.7 Å². The van der Waals surface area contributed by atoms with Crippen molar-refractivity contribution in [3.63, 3.8) is 0 Å². The lowest BCUT2D eigenvalue weighted by atomic mass is 9.91. The molecule has 2 aromatic heterocycles. The van der Waals surface area contributed by atoms with E-state index in [9.17, 15) is 14.0 Å². The van der Waals surface area contributed by atoms with Crippen LogP contribution in [-0.2, 0) is 17.6 Å². The number of carbonyl (C=O) groups excluding carboxylic acids is 2. The van der Waals surface area contributed by atoms with Crippen molar-refractivity contribution in [2.24, 2.45) is 11.8 Å². The second kappa shape index (κ2) is 9.07. The fourth-order valence-electron chi connectivity index (χ4n) is 4.55. The van der Waals surface area contributed by atoms with Crippen LogP contribution in [0.5, 0.6) is 0 Å². The fourth-order valence-corrected chi connectivity index (χ4v) is 5.79. The highest BCUT2D eigenvalue weighted by Gasteiger charge is 2.34. The Bertz CT molecular complexity index is 1260. The molecule has 35 heavy (non-hydrogen) atoms. The number of hydrogen-bond acceptors (Lipinski definition) is 6. The summed E-state index contributed by atoms with van der Waals surface area (Å²) in [5.41, 5.74) is 2.38. The van der Waals surface area contributed by atoms with Crippen LogP contribution in [0.2, 0.25) is 0 Å². The third kappa shape index (κ3) is 4.80. The molecular formula is C25H27FN6O2S. The molecule has 8 nitrogen and oxygen atoms in total. The Hall–Kier alpha value is -3.27. The number of rotatable bonds is 8. The number of fused-ring (bicyclic) bond motifs is 1. The van der Waals surface area contributed by atoms with Crippen LogP contribution in [0.4, 0.5) is 15.3 Å². The smallest absolute Gasteiger partial charge is 0.254 e. The first-order valence-corrected chi connectivity index (χ1v) is 13.0. The molecule has 2 fully saturated rings. The Kier molecular flexibility index (Phi) is 5.75. The van der Waals surface area contributed by atoms with Gasteiger partial charge in [0.05, 0.1) is 11.3 Å². The van der Waals surface area contributed by atoms with Gasteiger partial charge in [-0.05, 0) is 80.7 Å². The average molecular weight is 495 g/mol. The van der Waals surface area contributed by atoms with Crippen LogP contribution in [0.3, 0.4) is 0 Å². The zero-order valence-electron chi connectivity index (χ0n) is 19.2. The molecule has 2 saturated carbocycles. The highest BCUT2D eigenvalue weighted by molar-refractivity contribution is 7.17. The number of thiophene rings is 1. The number of halogens is 1. The minimum absolute atomic E-state index is 0.0157. The molecule has 1 aromatic carbocycles. The first kappa shape index (κ1) is 22.2. The van der Waals surface area contributed by atoms with Gasteiger partial charge in [-0.1, -0.05) is 0 Å². The molecule has 3 aliphatic carbocycles. The topological polar surface area (TPSA) is 101 Å². The van der Waals surface area contributed by atoms with Crippen molar-refractivity contribution < 1.29 is 14.0 Å². The molecule has 1 unspecified atom stereocenters. The lowest BCUT2D eigenvalue weighted by Crippen LogP contribution is -2.31. The number of hydrogen-bond donors (Lipinski definition) is 3. The van der Waals surface area contributed by atoms with Crippen molar-refractivity contribution in [2.45, 2.75) is 51.0 Å². The van der Waals surface area contributed by atoms with E-state index < -0.39 is 0 Å². The van der Waals surface area contributed by atoms with Crippen LogP contribution < -0.4 is 16.0 Å². The number of nitrogens with one attached hydrogen (secondary N) is 3. The first-order valence-electron chi connectivity index (χ1n) is 12.2. The number of anilines is 2. The molecule has 3 aromatic rings. The van der Waals surface area contributed by atoms with Gasteiger partial charge in [0.1, 0.15) is 17.1 Å². The van der Waals surface area contributed by atoms with Gasteiger partial charge >= 0.3 is 0 Å². The third-order valence-corrected chi connectivity index (χ3v) is 8.11. The van der Waals surface area contributed by atoms with Crippen molar-refractivity contribution in [3.05, 3.63) is 52.4 Å². The monoisotopic (exact) mass is 494 g/mol. The maximum atomic E-state index is 13.4. The summed E-state index contributed by atoms with van der Waals surface area (Å²) >= 11 is 1.54.